The van der Waals surface area contributed by atoms with Crippen LogP contribution >= 0.6 is 11.6 Å². The highest BCUT2D eigenvalue weighted by Crippen LogP contribution is 2.34. The summed E-state index contributed by atoms with van der Waals surface area (Å²) in [5.41, 5.74) is -0.0439. The molecule has 0 spiro atoms. The highest BCUT2D eigenvalue weighted by Gasteiger charge is 2.47. The summed E-state index contributed by atoms with van der Waals surface area (Å²) >= 11 is 5.64. The van der Waals surface area contributed by atoms with Gasteiger partial charge in [0, 0.05) is 5.02 Å². The van der Waals surface area contributed by atoms with E-state index in [4.69, 9.17) is 11.6 Å². The number of hydrogen-bond donors (Lipinski definition) is 1. The SMILES string of the molecule is O=C(CN1C(=O)[C@H]2CC=CC[C@H]2C1=O)Nc1ccc(Cl)cc1F. The molecule has 7 heteroatoms. The second-order valence-electron chi connectivity index (χ2n) is 5.59. The molecule has 1 fully saturated rings. The Balaban J connectivity index is 1.68. The van der Waals surface area contributed by atoms with Crippen LogP contribution in [0.15, 0.2) is 30.4 Å². The van der Waals surface area contributed by atoms with Gasteiger partial charge in [0.2, 0.25) is 17.7 Å². The van der Waals surface area contributed by atoms with E-state index in [-0.39, 0.29) is 34.4 Å². The molecule has 3 rings (SSSR count). The highest BCUT2D eigenvalue weighted by atomic mass is 35.5. The number of allylic oxidation sites excluding steroid dienone is 2. The predicted molar refractivity (Wildman–Crippen MR) is 82.1 cm³/mol. The van der Waals surface area contributed by atoms with Crippen LogP contribution in [0.3, 0.4) is 0 Å². The van der Waals surface area contributed by atoms with E-state index >= 15 is 0 Å². The molecule has 23 heavy (non-hydrogen) atoms. The van der Waals surface area contributed by atoms with Crippen LogP contribution in [0.1, 0.15) is 12.8 Å². The van der Waals surface area contributed by atoms with Crippen LogP contribution in [0.25, 0.3) is 0 Å². The fraction of sp³-hybridized carbons (Fsp3) is 0.312. The average Bonchev–Trinajstić information content (AvgIpc) is 2.76. The molecule has 0 radical (unpaired) electrons. The van der Waals surface area contributed by atoms with E-state index in [2.05, 4.69) is 5.32 Å². The van der Waals surface area contributed by atoms with E-state index in [9.17, 15) is 18.8 Å². The lowest BCUT2D eigenvalue weighted by Gasteiger charge is -2.14. The van der Waals surface area contributed by atoms with Gasteiger partial charge in [0.25, 0.3) is 0 Å². The molecule has 1 aliphatic heterocycles. The standard InChI is InChI=1S/C16H14ClFN2O3/c17-9-5-6-13(12(18)7-9)19-14(21)8-20-15(22)10-3-1-2-4-11(10)16(20)23/h1-2,5-7,10-11H,3-4,8H2,(H,19,21)/t10-,11+. The number of anilines is 1. The van der Waals surface area contributed by atoms with Crippen molar-refractivity contribution < 1.29 is 18.8 Å². The molecule has 0 saturated carbocycles. The van der Waals surface area contributed by atoms with Crippen molar-refractivity contribution in [2.75, 3.05) is 11.9 Å². The Morgan fingerprint density at radius 2 is 1.83 bits per heavy atom. The van der Waals surface area contributed by atoms with E-state index in [0.717, 1.165) is 11.0 Å². The maximum atomic E-state index is 13.7. The Labute approximate surface area is 137 Å². The fourth-order valence-corrected chi connectivity index (χ4v) is 3.11. The van der Waals surface area contributed by atoms with Gasteiger partial charge in [-0.05, 0) is 31.0 Å². The van der Waals surface area contributed by atoms with Gasteiger partial charge in [-0.3, -0.25) is 19.3 Å². The lowest BCUT2D eigenvalue weighted by molar-refractivity contribution is -0.142. The number of likely N-dealkylation sites (tertiary alicyclic amines) is 1. The van der Waals surface area contributed by atoms with Gasteiger partial charge >= 0.3 is 0 Å². The number of rotatable bonds is 3. The summed E-state index contributed by atoms with van der Waals surface area (Å²) in [6, 6.07) is 3.84. The zero-order chi connectivity index (χ0) is 16.6. The molecule has 0 unspecified atom stereocenters. The van der Waals surface area contributed by atoms with Crippen LogP contribution < -0.4 is 5.32 Å². The zero-order valence-electron chi connectivity index (χ0n) is 12.1. The maximum absolute atomic E-state index is 13.7. The minimum absolute atomic E-state index is 0.0439. The normalized spacial score (nSPS) is 23.1. The third kappa shape index (κ3) is 2.99. The van der Waals surface area contributed by atoms with Crippen molar-refractivity contribution in [1.82, 2.24) is 4.90 Å². The van der Waals surface area contributed by atoms with Crippen molar-refractivity contribution in [2.45, 2.75) is 12.8 Å². The summed E-state index contributed by atoms with van der Waals surface area (Å²) in [7, 11) is 0. The van der Waals surface area contributed by atoms with E-state index < -0.39 is 18.3 Å². The topological polar surface area (TPSA) is 66.5 Å². The molecule has 1 aromatic carbocycles. The zero-order valence-corrected chi connectivity index (χ0v) is 12.8. The Hall–Kier alpha value is -2.21. The molecule has 0 bridgehead atoms. The Bertz CT molecular complexity index is 693. The molecule has 1 aromatic rings. The number of imide groups is 1. The number of nitrogens with one attached hydrogen (secondary N) is 1. The lowest BCUT2D eigenvalue weighted by atomic mass is 9.85. The number of carbonyl (C=O) groups excluding carboxylic acids is 3. The molecule has 1 aliphatic carbocycles. The molecule has 5 nitrogen and oxygen atoms in total. The minimum atomic E-state index is -0.678. The Morgan fingerprint density at radius 1 is 1.22 bits per heavy atom. The summed E-state index contributed by atoms with van der Waals surface area (Å²) in [5, 5.41) is 2.56. The monoisotopic (exact) mass is 336 g/mol. The first-order chi connectivity index (χ1) is 11.0. The minimum Gasteiger partial charge on any atom is -0.322 e. The number of fused-ring (bicyclic) bond motifs is 1. The van der Waals surface area contributed by atoms with Crippen molar-refractivity contribution in [3.63, 3.8) is 0 Å². The second-order valence-corrected chi connectivity index (χ2v) is 6.03. The van der Waals surface area contributed by atoms with Gasteiger partial charge in [0.15, 0.2) is 0 Å². The molecule has 1 N–H and O–H groups in total. The number of amides is 3. The van der Waals surface area contributed by atoms with Gasteiger partial charge in [0.05, 0.1) is 17.5 Å². The van der Waals surface area contributed by atoms with Crippen molar-refractivity contribution >= 4 is 35.0 Å². The summed E-state index contributed by atoms with van der Waals surface area (Å²) in [4.78, 5) is 37.5. The van der Waals surface area contributed by atoms with E-state index in [1.165, 1.54) is 12.1 Å². The van der Waals surface area contributed by atoms with Crippen LogP contribution in [0.5, 0.6) is 0 Å². The van der Waals surface area contributed by atoms with Gasteiger partial charge in [-0.2, -0.15) is 0 Å². The third-order valence-electron chi connectivity index (χ3n) is 4.11. The molecular weight excluding hydrogens is 323 g/mol. The van der Waals surface area contributed by atoms with Gasteiger partial charge in [0.1, 0.15) is 12.4 Å². The van der Waals surface area contributed by atoms with Crippen molar-refractivity contribution in [3.05, 3.63) is 41.2 Å². The van der Waals surface area contributed by atoms with Crippen molar-refractivity contribution in [2.24, 2.45) is 11.8 Å². The first-order valence-electron chi connectivity index (χ1n) is 7.22. The Morgan fingerprint density at radius 3 is 2.39 bits per heavy atom. The van der Waals surface area contributed by atoms with Crippen LogP contribution in [-0.4, -0.2) is 29.2 Å². The molecule has 1 saturated heterocycles. The van der Waals surface area contributed by atoms with Crippen LogP contribution in [-0.2, 0) is 14.4 Å². The first-order valence-corrected chi connectivity index (χ1v) is 7.60. The van der Waals surface area contributed by atoms with Gasteiger partial charge in [-0.25, -0.2) is 4.39 Å². The quantitative estimate of drug-likeness (QED) is 0.680. The van der Waals surface area contributed by atoms with Gasteiger partial charge in [-0.1, -0.05) is 23.8 Å². The number of nitrogens with zero attached hydrogens (tertiary/aromatic N) is 1. The fourth-order valence-electron chi connectivity index (χ4n) is 2.95. The van der Waals surface area contributed by atoms with E-state index in [1.807, 2.05) is 12.2 Å². The number of benzene rings is 1. The Kier molecular flexibility index (Phi) is 4.17. The molecule has 2 aliphatic rings. The summed E-state index contributed by atoms with van der Waals surface area (Å²) in [6.45, 7) is -0.410. The van der Waals surface area contributed by atoms with Crippen LogP contribution in [0.2, 0.25) is 5.02 Å². The lowest BCUT2D eigenvalue weighted by Crippen LogP contribution is -2.38. The van der Waals surface area contributed by atoms with Gasteiger partial charge in [-0.15, -0.1) is 0 Å². The predicted octanol–water partition coefficient (Wildman–Crippen LogP) is 2.37. The number of halogens is 2. The van der Waals surface area contributed by atoms with Crippen molar-refractivity contribution in [3.8, 4) is 0 Å². The summed E-state index contributed by atoms with van der Waals surface area (Å²) < 4.78 is 13.7. The molecule has 120 valence electrons. The molecule has 3 amide bonds. The van der Waals surface area contributed by atoms with Gasteiger partial charge < -0.3 is 5.32 Å². The maximum Gasteiger partial charge on any atom is 0.244 e. The molecular formula is C16H14ClFN2O3. The van der Waals surface area contributed by atoms with Crippen LogP contribution in [0.4, 0.5) is 10.1 Å². The number of hydrogen-bond acceptors (Lipinski definition) is 3. The largest absolute Gasteiger partial charge is 0.322 e. The van der Waals surface area contributed by atoms with E-state index in [0.29, 0.717) is 12.8 Å². The summed E-state index contributed by atoms with van der Waals surface area (Å²) in [5.74, 6) is -2.74. The molecule has 2 atom stereocenters. The second kappa shape index (κ2) is 6.12. The van der Waals surface area contributed by atoms with E-state index in [1.54, 1.807) is 0 Å². The average molecular weight is 337 g/mol. The molecule has 1 heterocycles. The molecule has 0 aromatic heterocycles. The van der Waals surface area contributed by atoms with Crippen molar-refractivity contribution in [1.29, 1.82) is 0 Å². The first kappa shape index (κ1) is 15.7. The van der Waals surface area contributed by atoms with Crippen LogP contribution in [0, 0.1) is 17.7 Å². The third-order valence-corrected chi connectivity index (χ3v) is 4.34. The summed E-state index contributed by atoms with van der Waals surface area (Å²) in [6.07, 6.45) is 4.77. The number of carbonyl (C=O) groups is 3. The highest BCUT2D eigenvalue weighted by molar-refractivity contribution is 6.30. The smallest absolute Gasteiger partial charge is 0.244 e.